The van der Waals surface area contributed by atoms with E-state index in [1.54, 1.807) is 36.4 Å². The Morgan fingerprint density at radius 2 is 0.941 bits per heavy atom. The topological polar surface area (TPSA) is 387 Å². The number of hydrogen-bond donors (Lipinski definition) is 13. The Morgan fingerprint density at radius 3 is 1.35 bits per heavy atom. The van der Waals surface area contributed by atoms with Crippen LogP contribution >= 0.6 is 24.4 Å². The molecule has 16 N–H and O–H groups in total. The zero-order chi connectivity index (χ0) is 50.8. The van der Waals surface area contributed by atoms with E-state index in [9.17, 15) is 58.2 Å². The molecule has 0 bridgehead atoms. The summed E-state index contributed by atoms with van der Waals surface area (Å²) in [7, 11) is 0. The van der Waals surface area contributed by atoms with Gasteiger partial charge in [0.1, 0.15) is 36.3 Å². The first-order valence-electron chi connectivity index (χ1n) is 21.9. The highest BCUT2D eigenvalue weighted by Crippen LogP contribution is 2.19. The third-order valence-corrected chi connectivity index (χ3v) is 11.8. The lowest BCUT2D eigenvalue weighted by atomic mass is 10.0. The summed E-state index contributed by atoms with van der Waals surface area (Å²) in [6, 6.07) is 5.16. The number of carbonyl (C=O) groups excluding carboxylic acids is 8. The Morgan fingerprint density at radius 1 is 0.544 bits per heavy atom. The van der Waals surface area contributed by atoms with Crippen molar-refractivity contribution in [1.82, 2.24) is 31.9 Å². The quantitative estimate of drug-likeness (QED) is 0.0307. The fraction of sp³-hybridized carbons (Fsp3) is 0.500. The van der Waals surface area contributed by atoms with Gasteiger partial charge in [-0.25, -0.2) is 0 Å². The highest BCUT2D eigenvalue weighted by Gasteiger charge is 2.32. The number of carbonyl (C=O) groups is 10. The third kappa shape index (κ3) is 20.7. The summed E-state index contributed by atoms with van der Waals surface area (Å²) in [4.78, 5) is 128. The normalized spacial score (nSPS) is 13.5. The van der Waals surface area contributed by atoms with Gasteiger partial charge in [-0.05, 0) is 94.6 Å². The number of benzene rings is 2. The predicted octanol–water partition coefficient (Wildman–Crippen LogP) is -0.836. The minimum Gasteiger partial charge on any atom is -0.481 e. The maximum Gasteiger partial charge on any atom is 0.303 e. The average molecular weight is 989 g/mol. The summed E-state index contributed by atoms with van der Waals surface area (Å²) >= 11 is 5.35. The molecule has 68 heavy (non-hydrogen) atoms. The van der Waals surface area contributed by atoms with E-state index in [1.807, 2.05) is 0 Å². The van der Waals surface area contributed by atoms with Crippen LogP contribution in [0.5, 0.6) is 0 Å². The van der Waals surface area contributed by atoms with Crippen LogP contribution in [0.25, 0.3) is 0 Å². The molecule has 374 valence electrons. The second kappa shape index (κ2) is 30.9. The molecular formula is C44H64N10O12S2. The molecule has 8 amide bonds. The number of carboxylic acids is 2. The van der Waals surface area contributed by atoms with Crippen molar-refractivity contribution in [1.29, 1.82) is 0 Å². The first-order chi connectivity index (χ1) is 32.3. The zero-order valence-electron chi connectivity index (χ0n) is 37.8. The number of hydrogen-bond acceptors (Lipinski definition) is 14. The van der Waals surface area contributed by atoms with Crippen molar-refractivity contribution in [2.75, 3.05) is 18.8 Å². The Kier molecular flexibility index (Phi) is 26.3. The third-order valence-electron chi connectivity index (χ3n) is 10.4. The van der Waals surface area contributed by atoms with E-state index in [2.05, 4.69) is 44.5 Å². The molecule has 0 radical (unpaired) electrons. The van der Waals surface area contributed by atoms with Crippen molar-refractivity contribution in [3.8, 4) is 0 Å². The lowest BCUT2D eigenvalue weighted by molar-refractivity contribution is -0.138. The summed E-state index contributed by atoms with van der Waals surface area (Å²) in [5.41, 5.74) is 23.5. The highest BCUT2D eigenvalue weighted by molar-refractivity contribution is 7.98. The molecule has 0 saturated carbocycles. The van der Waals surface area contributed by atoms with Crippen LogP contribution in [-0.2, 0) is 49.9 Å². The molecule has 2 aromatic carbocycles. The van der Waals surface area contributed by atoms with Gasteiger partial charge in [-0.1, -0.05) is 36.4 Å². The van der Waals surface area contributed by atoms with Crippen LogP contribution in [0.15, 0.2) is 48.5 Å². The molecule has 0 spiro atoms. The molecule has 0 aliphatic carbocycles. The summed E-state index contributed by atoms with van der Waals surface area (Å²) in [5.74, 6) is -8.71. The number of aliphatic carboxylic acids is 2. The van der Waals surface area contributed by atoms with Crippen LogP contribution in [-0.4, -0.2) is 125 Å². The molecule has 0 aromatic heterocycles. The van der Waals surface area contributed by atoms with E-state index < -0.39 is 108 Å². The van der Waals surface area contributed by atoms with Gasteiger partial charge in [-0.15, -0.1) is 0 Å². The van der Waals surface area contributed by atoms with Gasteiger partial charge in [0.05, 0.1) is 0 Å². The van der Waals surface area contributed by atoms with Crippen LogP contribution in [0, 0.1) is 0 Å². The van der Waals surface area contributed by atoms with E-state index >= 15 is 0 Å². The molecule has 0 fully saturated rings. The second-order valence-corrected chi connectivity index (χ2v) is 17.0. The van der Waals surface area contributed by atoms with Crippen molar-refractivity contribution in [3.05, 3.63) is 70.8 Å². The molecule has 0 heterocycles. The minimum atomic E-state index is -1.43. The molecule has 0 aliphatic heterocycles. The Labute approximate surface area is 403 Å². The maximum atomic E-state index is 13.8. The van der Waals surface area contributed by atoms with E-state index in [0.29, 0.717) is 43.4 Å². The van der Waals surface area contributed by atoms with E-state index in [0.717, 1.165) is 11.8 Å². The number of primary amides is 2. The number of thiol groups is 1. The smallest absolute Gasteiger partial charge is 0.303 e. The number of unbranched alkanes of at least 4 members (excludes halogenated alkanes) is 2. The van der Waals surface area contributed by atoms with Crippen LogP contribution < -0.4 is 54.8 Å². The minimum absolute atomic E-state index is 0.0556. The second-order valence-electron chi connectivity index (χ2n) is 15.7. The fourth-order valence-corrected chi connectivity index (χ4v) is 7.85. The lowest BCUT2D eigenvalue weighted by Crippen LogP contribution is -2.57. The van der Waals surface area contributed by atoms with Gasteiger partial charge in [-0.3, -0.25) is 47.9 Å². The van der Waals surface area contributed by atoms with E-state index in [4.69, 9.17) is 22.9 Å². The number of amides is 8. The number of rotatable bonds is 33. The summed E-state index contributed by atoms with van der Waals surface area (Å²) < 4.78 is 0. The number of carboxylic acid groups (broad SMARTS) is 2. The molecule has 2 aromatic rings. The molecular weight excluding hydrogens is 925 g/mol. The average Bonchev–Trinajstić information content (AvgIpc) is 3.30. The first-order valence-corrected chi connectivity index (χ1v) is 23.7. The monoisotopic (exact) mass is 988 g/mol. The Hall–Kier alpha value is -6.24. The summed E-state index contributed by atoms with van der Waals surface area (Å²) in [6.07, 6.45) is 0.248. The van der Waals surface area contributed by atoms with Gasteiger partial charge in [0, 0.05) is 41.2 Å². The van der Waals surface area contributed by atoms with Crippen molar-refractivity contribution >= 4 is 83.6 Å². The van der Waals surface area contributed by atoms with Crippen LogP contribution in [0.4, 0.5) is 0 Å². The standard InChI is InChI=1S/C44H64N10O12S2/c1-25(37(47)59)49-41(63)30(14-6-8-20-45)52-43(65)33(17-19-36(57)58)51-40(62)29-13-5-3-11-27(29)23-68-24-34(38(48)60)54-42(64)31(15-7-9-21-46)53-44(66)32(16-18-35(55)56)50-39(61)28-12-4-2-10-26(28)22-67/h2-5,10-13,25,30-34,67H,6-9,14-24,45-46H2,1H3,(H2,47,59)(H2,48,60)(H,49,63)(H,50,61)(H,51,62)(H,52,65)(H,53,66)(H,54,64)(H,55,56)(H,57,58)/t25-,30-,31-,32-,33-,34-/m0/s1. The van der Waals surface area contributed by atoms with E-state index in [1.165, 1.54) is 19.1 Å². The van der Waals surface area contributed by atoms with Crippen LogP contribution in [0.3, 0.4) is 0 Å². The van der Waals surface area contributed by atoms with Gasteiger partial charge in [-0.2, -0.15) is 24.4 Å². The summed E-state index contributed by atoms with van der Waals surface area (Å²) in [5, 5.41) is 34.0. The maximum absolute atomic E-state index is 13.8. The van der Waals surface area contributed by atoms with Gasteiger partial charge in [0.25, 0.3) is 11.8 Å². The summed E-state index contributed by atoms with van der Waals surface area (Å²) in [6.45, 7) is 1.94. The fourth-order valence-electron chi connectivity index (χ4n) is 6.50. The van der Waals surface area contributed by atoms with Crippen molar-refractivity contribution in [3.63, 3.8) is 0 Å². The molecule has 6 atom stereocenters. The van der Waals surface area contributed by atoms with Gasteiger partial charge < -0.3 is 65.0 Å². The SMILES string of the molecule is C[C@H](NC(=O)[C@H](CCCCN)NC(=O)[C@H](CCC(=O)O)NC(=O)c1ccccc1CSC[C@H](NC(=O)[C@H](CCCCN)NC(=O)[C@H](CCC(=O)O)NC(=O)c1ccccc1CS)C(N)=O)C(N)=O. The molecule has 0 saturated heterocycles. The van der Waals surface area contributed by atoms with Crippen molar-refractivity contribution in [2.24, 2.45) is 22.9 Å². The highest BCUT2D eigenvalue weighted by atomic mass is 32.2. The van der Waals surface area contributed by atoms with Gasteiger partial charge in [0.15, 0.2) is 0 Å². The van der Waals surface area contributed by atoms with E-state index in [-0.39, 0.29) is 60.6 Å². The van der Waals surface area contributed by atoms with Crippen molar-refractivity contribution in [2.45, 2.75) is 119 Å². The lowest BCUT2D eigenvalue weighted by Gasteiger charge is -2.25. The largest absolute Gasteiger partial charge is 0.481 e. The molecule has 24 heteroatoms. The molecule has 0 unspecified atom stereocenters. The zero-order valence-corrected chi connectivity index (χ0v) is 39.5. The van der Waals surface area contributed by atoms with Crippen molar-refractivity contribution < 1.29 is 58.2 Å². The molecule has 22 nitrogen and oxygen atoms in total. The number of nitrogens with one attached hydrogen (secondary N) is 6. The molecule has 2 rings (SSSR count). The Balaban J connectivity index is 2.25. The van der Waals surface area contributed by atoms with Gasteiger partial charge in [0.2, 0.25) is 35.4 Å². The number of thioether (sulfide) groups is 1. The first kappa shape index (κ1) is 57.9. The van der Waals surface area contributed by atoms with Crippen LogP contribution in [0.2, 0.25) is 0 Å². The number of nitrogens with two attached hydrogens (primary N) is 4. The predicted molar refractivity (Wildman–Crippen MR) is 256 cm³/mol. The Bertz CT molecular complexity index is 2080. The van der Waals surface area contributed by atoms with Crippen LogP contribution in [0.1, 0.15) is 103 Å². The van der Waals surface area contributed by atoms with Gasteiger partial charge >= 0.3 is 11.9 Å². The molecule has 0 aliphatic rings.